The molecule has 3 heterocycles. The number of piperazine rings is 1. The number of nitrogens with zero attached hydrogens (tertiary/aromatic N) is 4. The summed E-state index contributed by atoms with van der Waals surface area (Å²) >= 11 is 7.58. The first kappa shape index (κ1) is 18.0. The number of ether oxygens (including phenoxy) is 1. The number of anilines is 1. The summed E-state index contributed by atoms with van der Waals surface area (Å²) in [5, 5.41) is 3.68. The summed E-state index contributed by atoms with van der Waals surface area (Å²) in [6.45, 7) is 4.51. The van der Waals surface area contributed by atoms with E-state index in [1.807, 2.05) is 16.3 Å². The van der Waals surface area contributed by atoms with Crippen molar-refractivity contribution in [2.24, 2.45) is 0 Å². The third-order valence-electron chi connectivity index (χ3n) is 4.59. The SMILES string of the molecule is CC(Oc1cccc(Cl)c1)C(=O)N1CCN(c2ncnc3sccc23)CC1. The Labute approximate surface area is 166 Å². The van der Waals surface area contributed by atoms with Gasteiger partial charge in [0, 0.05) is 31.2 Å². The second-order valence-corrected chi connectivity index (χ2v) is 7.70. The van der Waals surface area contributed by atoms with E-state index >= 15 is 0 Å². The van der Waals surface area contributed by atoms with Gasteiger partial charge in [-0.3, -0.25) is 4.79 Å². The molecule has 8 heteroatoms. The number of carbonyl (C=O) groups is 1. The van der Waals surface area contributed by atoms with Gasteiger partial charge in [-0.05, 0) is 36.6 Å². The van der Waals surface area contributed by atoms with Crippen LogP contribution < -0.4 is 9.64 Å². The summed E-state index contributed by atoms with van der Waals surface area (Å²) < 4.78 is 5.76. The van der Waals surface area contributed by atoms with Gasteiger partial charge in [0.15, 0.2) is 6.10 Å². The number of benzene rings is 1. The molecule has 1 fully saturated rings. The van der Waals surface area contributed by atoms with Crippen LogP contribution in [0.3, 0.4) is 0 Å². The van der Waals surface area contributed by atoms with Gasteiger partial charge in [-0.15, -0.1) is 11.3 Å². The van der Waals surface area contributed by atoms with Crippen molar-refractivity contribution in [2.75, 3.05) is 31.1 Å². The number of aromatic nitrogens is 2. The van der Waals surface area contributed by atoms with Crippen LogP contribution in [0, 0.1) is 0 Å². The lowest BCUT2D eigenvalue weighted by atomic mass is 10.2. The summed E-state index contributed by atoms with van der Waals surface area (Å²) in [6, 6.07) is 9.14. The zero-order chi connectivity index (χ0) is 18.8. The van der Waals surface area contributed by atoms with Crippen LogP contribution in [0.5, 0.6) is 5.75 Å². The van der Waals surface area contributed by atoms with Crippen LogP contribution in [0.25, 0.3) is 10.2 Å². The molecule has 1 unspecified atom stereocenters. The van der Waals surface area contributed by atoms with Crippen LogP contribution in [0.15, 0.2) is 42.0 Å². The van der Waals surface area contributed by atoms with Crippen molar-refractivity contribution in [3.05, 3.63) is 47.1 Å². The molecule has 6 nitrogen and oxygen atoms in total. The fourth-order valence-electron chi connectivity index (χ4n) is 3.22. The second-order valence-electron chi connectivity index (χ2n) is 6.37. The highest BCUT2D eigenvalue weighted by Crippen LogP contribution is 2.27. The van der Waals surface area contributed by atoms with Crippen molar-refractivity contribution in [2.45, 2.75) is 13.0 Å². The Morgan fingerprint density at radius 3 is 2.81 bits per heavy atom. The first-order chi connectivity index (χ1) is 13.1. The van der Waals surface area contributed by atoms with Crippen LogP contribution in [-0.4, -0.2) is 53.1 Å². The molecule has 0 bridgehead atoms. The Balaban J connectivity index is 1.38. The number of hydrogen-bond donors (Lipinski definition) is 0. The number of rotatable bonds is 4. The Morgan fingerprint density at radius 2 is 2.04 bits per heavy atom. The maximum atomic E-state index is 12.7. The van der Waals surface area contributed by atoms with Gasteiger partial charge in [0.25, 0.3) is 5.91 Å². The van der Waals surface area contributed by atoms with Gasteiger partial charge in [-0.25, -0.2) is 9.97 Å². The lowest BCUT2D eigenvalue weighted by Gasteiger charge is -2.36. The maximum absolute atomic E-state index is 12.7. The van der Waals surface area contributed by atoms with Crippen molar-refractivity contribution in [1.82, 2.24) is 14.9 Å². The summed E-state index contributed by atoms with van der Waals surface area (Å²) in [5.74, 6) is 1.53. The predicted octanol–water partition coefficient (Wildman–Crippen LogP) is 3.46. The van der Waals surface area contributed by atoms with Crippen molar-refractivity contribution >= 4 is 44.9 Å². The minimum absolute atomic E-state index is 0.0157. The van der Waals surface area contributed by atoms with Gasteiger partial charge >= 0.3 is 0 Å². The Kier molecular flexibility index (Phi) is 5.13. The van der Waals surface area contributed by atoms with E-state index in [2.05, 4.69) is 14.9 Å². The second kappa shape index (κ2) is 7.70. The molecule has 0 aliphatic carbocycles. The van der Waals surface area contributed by atoms with E-state index in [0.717, 1.165) is 29.1 Å². The van der Waals surface area contributed by atoms with E-state index in [9.17, 15) is 4.79 Å². The van der Waals surface area contributed by atoms with Crippen LogP contribution >= 0.6 is 22.9 Å². The number of amides is 1. The normalized spacial score (nSPS) is 15.8. The fraction of sp³-hybridized carbons (Fsp3) is 0.316. The Hall–Kier alpha value is -2.38. The highest BCUT2D eigenvalue weighted by atomic mass is 35.5. The zero-order valence-corrected chi connectivity index (χ0v) is 16.4. The van der Waals surface area contributed by atoms with E-state index in [0.29, 0.717) is 23.9 Å². The minimum atomic E-state index is -0.558. The molecule has 2 aromatic heterocycles. The predicted molar refractivity (Wildman–Crippen MR) is 108 cm³/mol. The van der Waals surface area contributed by atoms with Crippen LogP contribution in [0.1, 0.15) is 6.92 Å². The molecular formula is C19H19ClN4O2S. The Bertz CT molecular complexity index is 956. The average molecular weight is 403 g/mol. The maximum Gasteiger partial charge on any atom is 0.263 e. The molecule has 1 aromatic carbocycles. The van der Waals surface area contributed by atoms with Crippen molar-refractivity contribution in [3.63, 3.8) is 0 Å². The van der Waals surface area contributed by atoms with Gasteiger partial charge in [0.05, 0.1) is 5.39 Å². The number of hydrogen-bond acceptors (Lipinski definition) is 6. The molecule has 140 valence electrons. The van der Waals surface area contributed by atoms with Gasteiger partial charge in [0.1, 0.15) is 22.7 Å². The molecule has 27 heavy (non-hydrogen) atoms. The summed E-state index contributed by atoms with van der Waals surface area (Å²) in [7, 11) is 0. The highest BCUT2D eigenvalue weighted by Gasteiger charge is 2.27. The van der Waals surface area contributed by atoms with Crippen molar-refractivity contribution in [1.29, 1.82) is 0 Å². The largest absolute Gasteiger partial charge is 0.481 e. The molecule has 4 rings (SSSR count). The monoisotopic (exact) mass is 402 g/mol. The summed E-state index contributed by atoms with van der Waals surface area (Å²) in [6.07, 6.45) is 1.05. The Morgan fingerprint density at radius 1 is 1.22 bits per heavy atom. The summed E-state index contributed by atoms with van der Waals surface area (Å²) in [5.41, 5.74) is 0. The number of carbonyl (C=O) groups excluding carboxylic acids is 1. The van der Waals surface area contributed by atoms with Crippen LogP contribution in [0.4, 0.5) is 5.82 Å². The van der Waals surface area contributed by atoms with Crippen LogP contribution in [0.2, 0.25) is 5.02 Å². The molecule has 1 aliphatic heterocycles. The zero-order valence-electron chi connectivity index (χ0n) is 14.8. The molecular weight excluding hydrogens is 384 g/mol. The highest BCUT2D eigenvalue weighted by molar-refractivity contribution is 7.16. The van der Waals surface area contributed by atoms with E-state index in [-0.39, 0.29) is 5.91 Å². The average Bonchev–Trinajstić information content (AvgIpc) is 3.16. The standard InChI is InChI=1S/C19H19ClN4O2S/c1-13(26-15-4-2-3-14(20)11-15)19(25)24-8-6-23(7-9-24)17-16-5-10-27-18(16)22-12-21-17/h2-5,10-13H,6-9H2,1H3. The quantitative estimate of drug-likeness (QED) is 0.668. The summed E-state index contributed by atoms with van der Waals surface area (Å²) in [4.78, 5) is 26.5. The fourth-order valence-corrected chi connectivity index (χ4v) is 4.13. The molecule has 1 amide bonds. The lowest BCUT2D eigenvalue weighted by Crippen LogP contribution is -2.52. The third kappa shape index (κ3) is 3.84. The van der Waals surface area contributed by atoms with Gasteiger partial charge in [-0.1, -0.05) is 17.7 Å². The lowest BCUT2D eigenvalue weighted by molar-refractivity contribution is -0.138. The molecule has 0 saturated carbocycles. The molecule has 1 atom stereocenters. The molecule has 1 aliphatic rings. The number of halogens is 1. The molecule has 0 radical (unpaired) electrons. The first-order valence-electron chi connectivity index (χ1n) is 8.76. The van der Waals surface area contributed by atoms with Crippen molar-refractivity contribution < 1.29 is 9.53 Å². The minimum Gasteiger partial charge on any atom is -0.481 e. The third-order valence-corrected chi connectivity index (χ3v) is 5.64. The van der Waals surface area contributed by atoms with E-state index in [4.69, 9.17) is 16.3 Å². The van der Waals surface area contributed by atoms with Gasteiger partial charge < -0.3 is 14.5 Å². The topological polar surface area (TPSA) is 58.6 Å². The van der Waals surface area contributed by atoms with E-state index in [1.54, 1.807) is 48.9 Å². The number of thiophene rings is 1. The van der Waals surface area contributed by atoms with Gasteiger partial charge in [-0.2, -0.15) is 0 Å². The number of fused-ring (bicyclic) bond motifs is 1. The molecule has 0 N–H and O–H groups in total. The van der Waals surface area contributed by atoms with E-state index < -0.39 is 6.10 Å². The smallest absolute Gasteiger partial charge is 0.263 e. The molecule has 3 aromatic rings. The van der Waals surface area contributed by atoms with Crippen LogP contribution in [-0.2, 0) is 4.79 Å². The van der Waals surface area contributed by atoms with Crippen molar-refractivity contribution in [3.8, 4) is 5.75 Å². The first-order valence-corrected chi connectivity index (χ1v) is 10.0. The van der Waals surface area contributed by atoms with E-state index in [1.165, 1.54) is 0 Å². The molecule has 1 saturated heterocycles. The molecule has 0 spiro atoms. The van der Waals surface area contributed by atoms with Gasteiger partial charge in [0.2, 0.25) is 0 Å².